The molecule has 1 aromatic rings. The van der Waals surface area contributed by atoms with Crippen molar-refractivity contribution in [2.45, 2.75) is 26.3 Å². The van der Waals surface area contributed by atoms with Crippen LogP contribution in [0.3, 0.4) is 0 Å². The number of hydrogen-bond donors (Lipinski definition) is 1. The van der Waals surface area contributed by atoms with Crippen LogP contribution in [0, 0.1) is 5.92 Å². The zero-order chi connectivity index (χ0) is 13.0. The number of rotatable bonds is 2. The standard InChI is InChI=1S/C13H23N5/c1-11-5-8-18(9-6-11)13(14-2)15-10-12-4-7-16-17(12)3/h4,7,11H,5-6,8-10H2,1-3H3,(H,14,15). The van der Waals surface area contributed by atoms with Gasteiger partial charge in [-0.3, -0.25) is 9.67 Å². The predicted octanol–water partition coefficient (Wildman–Crippen LogP) is 1.23. The number of aryl methyl sites for hydroxylation is 1. The maximum Gasteiger partial charge on any atom is 0.193 e. The van der Waals surface area contributed by atoms with E-state index in [1.807, 2.05) is 31.0 Å². The van der Waals surface area contributed by atoms with Crippen molar-refractivity contribution < 1.29 is 0 Å². The van der Waals surface area contributed by atoms with Crippen LogP contribution in [0.1, 0.15) is 25.5 Å². The molecule has 100 valence electrons. The van der Waals surface area contributed by atoms with Crippen molar-refractivity contribution in [3.63, 3.8) is 0 Å². The van der Waals surface area contributed by atoms with E-state index in [1.54, 1.807) is 0 Å². The lowest BCUT2D eigenvalue weighted by Gasteiger charge is -2.32. The second-order valence-corrected chi connectivity index (χ2v) is 5.02. The third-order valence-electron chi connectivity index (χ3n) is 3.65. The quantitative estimate of drug-likeness (QED) is 0.633. The van der Waals surface area contributed by atoms with Gasteiger partial charge in [0.15, 0.2) is 5.96 Å². The van der Waals surface area contributed by atoms with Crippen molar-refractivity contribution in [3.05, 3.63) is 18.0 Å². The summed E-state index contributed by atoms with van der Waals surface area (Å²) in [6.07, 6.45) is 4.33. The van der Waals surface area contributed by atoms with Gasteiger partial charge >= 0.3 is 0 Å². The van der Waals surface area contributed by atoms with Crippen LogP contribution in [0.5, 0.6) is 0 Å². The molecule has 1 fully saturated rings. The van der Waals surface area contributed by atoms with E-state index in [2.05, 4.69) is 27.2 Å². The molecular weight excluding hydrogens is 226 g/mol. The van der Waals surface area contributed by atoms with Crippen LogP contribution in [0.15, 0.2) is 17.3 Å². The fourth-order valence-corrected chi connectivity index (χ4v) is 2.30. The minimum absolute atomic E-state index is 0.773. The van der Waals surface area contributed by atoms with E-state index >= 15 is 0 Å². The molecule has 2 rings (SSSR count). The average molecular weight is 249 g/mol. The molecule has 1 saturated heterocycles. The zero-order valence-corrected chi connectivity index (χ0v) is 11.6. The molecule has 1 aromatic heterocycles. The topological polar surface area (TPSA) is 45.5 Å². The number of hydrogen-bond acceptors (Lipinski definition) is 2. The second-order valence-electron chi connectivity index (χ2n) is 5.02. The smallest absolute Gasteiger partial charge is 0.193 e. The fourth-order valence-electron chi connectivity index (χ4n) is 2.30. The molecule has 0 aromatic carbocycles. The van der Waals surface area contributed by atoms with Crippen LogP contribution < -0.4 is 5.32 Å². The van der Waals surface area contributed by atoms with Crippen molar-refractivity contribution >= 4 is 5.96 Å². The van der Waals surface area contributed by atoms with E-state index in [4.69, 9.17) is 0 Å². The predicted molar refractivity (Wildman–Crippen MR) is 73.4 cm³/mol. The molecule has 0 aliphatic carbocycles. The number of nitrogens with one attached hydrogen (secondary N) is 1. The highest BCUT2D eigenvalue weighted by Gasteiger charge is 2.18. The van der Waals surface area contributed by atoms with Crippen molar-refractivity contribution in [2.75, 3.05) is 20.1 Å². The van der Waals surface area contributed by atoms with Crippen molar-refractivity contribution in [1.29, 1.82) is 0 Å². The summed E-state index contributed by atoms with van der Waals surface area (Å²) in [6, 6.07) is 2.03. The Bertz CT molecular complexity index is 401. The van der Waals surface area contributed by atoms with Crippen LogP contribution >= 0.6 is 0 Å². The van der Waals surface area contributed by atoms with Gasteiger partial charge < -0.3 is 10.2 Å². The maximum atomic E-state index is 4.37. The molecule has 5 nitrogen and oxygen atoms in total. The lowest BCUT2D eigenvalue weighted by molar-refractivity contribution is 0.273. The van der Waals surface area contributed by atoms with Crippen LogP contribution in [0.4, 0.5) is 0 Å². The van der Waals surface area contributed by atoms with Gasteiger partial charge in [0.2, 0.25) is 0 Å². The van der Waals surface area contributed by atoms with Gasteiger partial charge in [0, 0.05) is 33.4 Å². The molecule has 0 atom stereocenters. The molecule has 1 aliphatic rings. The molecule has 0 unspecified atom stereocenters. The third-order valence-corrected chi connectivity index (χ3v) is 3.65. The van der Waals surface area contributed by atoms with Crippen LogP contribution in [0.2, 0.25) is 0 Å². The van der Waals surface area contributed by atoms with Crippen molar-refractivity contribution in [2.24, 2.45) is 18.0 Å². The number of guanidine groups is 1. The van der Waals surface area contributed by atoms with Gasteiger partial charge in [-0.25, -0.2) is 0 Å². The first-order chi connectivity index (χ1) is 8.70. The van der Waals surface area contributed by atoms with Gasteiger partial charge in [-0.1, -0.05) is 6.92 Å². The Hall–Kier alpha value is -1.52. The number of likely N-dealkylation sites (tertiary alicyclic amines) is 1. The number of nitrogens with zero attached hydrogens (tertiary/aromatic N) is 4. The average Bonchev–Trinajstić information content (AvgIpc) is 2.78. The van der Waals surface area contributed by atoms with Crippen LogP contribution in [-0.4, -0.2) is 40.8 Å². The van der Waals surface area contributed by atoms with E-state index in [-0.39, 0.29) is 0 Å². The van der Waals surface area contributed by atoms with E-state index < -0.39 is 0 Å². The van der Waals surface area contributed by atoms with E-state index in [1.165, 1.54) is 18.5 Å². The summed E-state index contributed by atoms with van der Waals surface area (Å²) in [5, 5.41) is 7.58. The Morgan fingerprint density at radius 3 is 2.78 bits per heavy atom. The normalized spacial score (nSPS) is 18.2. The van der Waals surface area contributed by atoms with Crippen molar-refractivity contribution in [1.82, 2.24) is 20.0 Å². The lowest BCUT2D eigenvalue weighted by atomic mass is 10.00. The maximum absolute atomic E-state index is 4.37. The summed E-state index contributed by atoms with van der Waals surface area (Å²) in [7, 11) is 3.81. The minimum atomic E-state index is 0.773. The Morgan fingerprint density at radius 2 is 2.22 bits per heavy atom. The van der Waals surface area contributed by atoms with Gasteiger partial charge in [0.05, 0.1) is 12.2 Å². The molecule has 0 saturated carbocycles. The summed E-state index contributed by atoms with van der Waals surface area (Å²) in [6.45, 7) is 5.30. The first kappa shape index (κ1) is 12.9. The summed E-state index contributed by atoms with van der Waals surface area (Å²) >= 11 is 0. The summed E-state index contributed by atoms with van der Waals surface area (Å²) in [5.74, 6) is 1.85. The molecule has 1 aliphatic heterocycles. The van der Waals surface area contributed by atoms with Gasteiger partial charge in [-0.05, 0) is 24.8 Å². The van der Waals surface area contributed by atoms with Crippen LogP contribution in [0.25, 0.3) is 0 Å². The first-order valence-corrected chi connectivity index (χ1v) is 6.63. The second kappa shape index (κ2) is 5.89. The molecule has 1 N–H and O–H groups in total. The third kappa shape index (κ3) is 3.03. The van der Waals surface area contributed by atoms with E-state index in [0.29, 0.717) is 0 Å². The summed E-state index contributed by atoms with van der Waals surface area (Å²) in [5.41, 5.74) is 1.17. The monoisotopic (exact) mass is 249 g/mol. The van der Waals surface area contributed by atoms with Gasteiger partial charge in [-0.2, -0.15) is 5.10 Å². The highest BCUT2D eigenvalue weighted by Crippen LogP contribution is 2.15. The molecule has 0 spiro atoms. The molecule has 0 radical (unpaired) electrons. The zero-order valence-electron chi connectivity index (χ0n) is 11.6. The highest BCUT2D eigenvalue weighted by molar-refractivity contribution is 5.79. The summed E-state index contributed by atoms with van der Waals surface area (Å²) in [4.78, 5) is 6.71. The largest absolute Gasteiger partial charge is 0.351 e. The van der Waals surface area contributed by atoms with Gasteiger partial charge in [-0.15, -0.1) is 0 Å². The van der Waals surface area contributed by atoms with E-state index in [0.717, 1.165) is 31.5 Å². The number of piperidine rings is 1. The molecule has 2 heterocycles. The highest BCUT2D eigenvalue weighted by atomic mass is 15.3. The Balaban J connectivity index is 1.88. The molecule has 0 bridgehead atoms. The Morgan fingerprint density at radius 1 is 1.50 bits per heavy atom. The SMILES string of the molecule is CN=C(NCc1ccnn1C)N1CCC(C)CC1. The van der Waals surface area contributed by atoms with Gasteiger partial charge in [0.1, 0.15) is 0 Å². The molecular formula is C13H23N5. The molecule has 18 heavy (non-hydrogen) atoms. The summed E-state index contributed by atoms with van der Waals surface area (Å²) < 4.78 is 1.89. The van der Waals surface area contributed by atoms with Gasteiger partial charge in [0.25, 0.3) is 0 Å². The van der Waals surface area contributed by atoms with Crippen molar-refractivity contribution in [3.8, 4) is 0 Å². The number of aromatic nitrogens is 2. The lowest BCUT2D eigenvalue weighted by Crippen LogP contribution is -2.45. The Labute approximate surface area is 109 Å². The molecule has 0 amide bonds. The molecule has 5 heteroatoms. The van der Waals surface area contributed by atoms with E-state index in [9.17, 15) is 0 Å². The fraction of sp³-hybridized carbons (Fsp3) is 0.692. The Kier molecular flexibility index (Phi) is 4.23. The minimum Gasteiger partial charge on any atom is -0.351 e. The number of aliphatic imine (C=N–C) groups is 1. The van der Waals surface area contributed by atoms with Crippen LogP contribution in [-0.2, 0) is 13.6 Å². The first-order valence-electron chi connectivity index (χ1n) is 6.63.